The van der Waals surface area contributed by atoms with Crippen LogP contribution in [0.5, 0.6) is 0 Å². The highest BCUT2D eigenvalue weighted by Crippen LogP contribution is 2.28. The Morgan fingerprint density at radius 2 is 1.77 bits per heavy atom. The number of nitrogens with zero attached hydrogens (tertiary/aromatic N) is 2. The van der Waals surface area contributed by atoms with E-state index in [1.165, 1.54) is 37.4 Å². The van der Waals surface area contributed by atoms with Crippen LogP contribution in [0.3, 0.4) is 0 Å². The maximum Gasteiger partial charge on any atom is 0.254 e. The standard InChI is InChI=1S/C19H17ClN6O4S/c1-10(27)11-6-7-13(20)15(8-11)25-19-23-9-12(17(21)28)18(26-19)24-14-4-2-3-5-16(14)31(22,29)30/h2-9H,1H3,(H2,21,28)(H2,22,29,30)(H2,23,24,25,26). The van der Waals surface area contributed by atoms with Crippen LogP contribution in [0.2, 0.25) is 5.02 Å². The number of hydrogen-bond acceptors (Lipinski definition) is 8. The molecule has 0 unspecified atom stereocenters. The number of sulfonamides is 1. The van der Waals surface area contributed by atoms with Gasteiger partial charge in [0, 0.05) is 11.8 Å². The predicted octanol–water partition coefficient (Wildman–Crippen LogP) is 2.57. The molecule has 3 aromatic rings. The van der Waals surface area contributed by atoms with Crippen LogP contribution < -0.4 is 21.5 Å². The zero-order chi connectivity index (χ0) is 22.8. The number of hydrogen-bond donors (Lipinski definition) is 4. The molecule has 1 aromatic heterocycles. The normalized spacial score (nSPS) is 11.1. The summed E-state index contributed by atoms with van der Waals surface area (Å²) in [5.41, 5.74) is 6.17. The number of ketones is 1. The molecule has 10 nitrogen and oxygen atoms in total. The highest BCUT2D eigenvalue weighted by molar-refractivity contribution is 7.89. The van der Waals surface area contributed by atoms with E-state index in [0.717, 1.165) is 0 Å². The molecule has 0 aliphatic carbocycles. The topological polar surface area (TPSA) is 170 Å². The van der Waals surface area contributed by atoms with Gasteiger partial charge in [0.25, 0.3) is 5.91 Å². The molecule has 1 heterocycles. The van der Waals surface area contributed by atoms with Gasteiger partial charge in [0.15, 0.2) is 5.78 Å². The van der Waals surface area contributed by atoms with E-state index in [0.29, 0.717) is 16.3 Å². The number of para-hydroxylation sites is 1. The Morgan fingerprint density at radius 1 is 1.06 bits per heavy atom. The average Bonchev–Trinajstić information content (AvgIpc) is 2.69. The van der Waals surface area contributed by atoms with E-state index in [-0.39, 0.29) is 33.7 Å². The number of nitrogens with two attached hydrogens (primary N) is 2. The maximum absolute atomic E-state index is 11.9. The van der Waals surface area contributed by atoms with E-state index in [1.54, 1.807) is 18.2 Å². The average molecular weight is 461 g/mol. The number of anilines is 4. The van der Waals surface area contributed by atoms with Gasteiger partial charge in [0.05, 0.1) is 16.4 Å². The van der Waals surface area contributed by atoms with Gasteiger partial charge in [-0.2, -0.15) is 4.98 Å². The number of primary sulfonamides is 1. The minimum atomic E-state index is -4.05. The molecular formula is C19H17ClN6O4S. The van der Waals surface area contributed by atoms with Crippen molar-refractivity contribution in [1.29, 1.82) is 0 Å². The van der Waals surface area contributed by atoms with Crippen molar-refractivity contribution in [1.82, 2.24) is 9.97 Å². The van der Waals surface area contributed by atoms with Crippen molar-refractivity contribution in [2.24, 2.45) is 10.9 Å². The summed E-state index contributed by atoms with van der Waals surface area (Å²) < 4.78 is 23.7. The molecule has 12 heteroatoms. The summed E-state index contributed by atoms with van der Waals surface area (Å²) in [7, 11) is -4.05. The number of primary amides is 1. The lowest BCUT2D eigenvalue weighted by molar-refractivity contribution is 0.0996. The number of nitrogens with one attached hydrogen (secondary N) is 2. The molecule has 31 heavy (non-hydrogen) atoms. The lowest BCUT2D eigenvalue weighted by Crippen LogP contribution is -2.17. The SMILES string of the molecule is CC(=O)c1ccc(Cl)c(Nc2ncc(C(N)=O)c(Nc3ccccc3S(N)(=O)=O)n2)c1. The van der Waals surface area contributed by atoms with Crippen molar-refractivity contribution in [2.75, 3.05) is 10.6 Å². The Hall–Kier alpha value is -3.54. The van der Waals surface area contributed by atoms with Crippen LogP contribution in [-0.2, 0) is 10.0 Å². The fraction of sp³-hybridized carbons (Fsp3) is 0.0526. The summed E-state index contributed by atoms with van der Waals surface area (Å²) in [5, 5.41) is 11.2. The van der Waals surface area contributed by atoms with E-state index in [9.17, 15) is 18.0 Å². The minimum Gasteiger partial charge on any atom is -0.365 e. The second-order valence-electron chi connectivity index (χ2n) is 6.36. The largest absolute Gasteiger partial charge is 0.365 e. The molecule has 0 aliphatic rings. The summed E-state index contributed by atoms with van der Waals surface area (Å²) in [5.74, 6) is -1.03. The zero-order valence-corrected chi connectivity index (χ0v) is 17.7. The summed E-state index contributed by atoms with van der Waals surface area (Å²) in [4.78, 5) is 31.5. The number of Topliss-reactive ketones (excluding diaryl/α,β-unsaturated/α-hetero) is 1. The van der Waals surface area contributed by atoms with E-state index in [2.05, 4.69) is 20.6 Å². The van der Waals surface area contributed by atoms with Crippen molar-refractivity contribution >= 4 is 56.5 Å². The number of amides is 1. The van der Waals surface area contributed by atoms with E-state index in [4.69, 9.17) is 22.5 Å². The zero-order valence-electron chi connectivity index (χ0n) is 16.1. The first kappa shape index (κ1) is 22.2. The van der Waals surface area contributed by atoms with Gasteiger partial charge in [-0.15, -0.1) is 0 Å². The van der Waals surface area contributed by atoms with Crippen LogP contribution in [-0.4, -0.2) is 30.1 Å². The maximum atomic E-state index is 11.9. The highest BCUT2D eigenvalue weighted by Gasteiger charge is 2.18. The van der Waals surface area contributed by atoms with Crippen LogP contribution >= 0.6 is 11.6 Å². The van der Waals surface area contributed by atoms with Crippen LogP contribution in [0.15, 0.2) is 53.6 Å². The summed E-state index contributed by atoms with van der Waals surface area (Å²) >= 11 is 6.17. The second-order valence-corrected chi connectivity index (χ2v) is 8.30. The molecule has 0 atom stereocenters. The van der Waals surface area contributed by atoms with Crippen molar-refractivity contribution in [3.63, 3.8) is 0 Å². The molecular weight excluding hydrogens is 444 g/mol. The Kier molecular flexibility index (Phi) is 6.20. The highest BCUT2D eigenvalue weighted by atomic mass is 35.5. The Bertz CT molecular complexity index is 1300. The molecule has 0 aliphatic heterocycles. The van der Waals surface area contributed by atoms with Crippen molar-refractivity contribution in [2.45, 2.75) is 11.8 Å². The van der Waals surface area contributed by atoms with E-state index < -0.39 is 15.9 Å². The molecule has 6 N–H and O–H groups in total. The molecule has 1 amide bonds. The third-order valence-electron chi connectivity index (χ3n) is 4.12. The smallest absolute Gasteiger partial charge is 0.254 e. The fourth-order valence-corrected chi connectivity index (χ4v) is 3.48. The Balaban J connectivity index is 2.03. The van der Waals surface area contributed by atoms with Gasteiger partial charge in [-0.05, 0) is 37.3 Å². The van der Waals surface area contributed by atoms with Crippen molar-refractivity contribution < 1.29 is 18.0 Å². The molecule has 2 aromatic carbocycles. The summed E-state index contributed by atoms with van der Waals surface area (Å²) in [6, 6.07) is 10.5. The van der Waals surface area contributed by atoms with E-state index in [1.807, 2.05) is 0 Å². The van der Waals surface area contributed by atoms with Gasteiger partial charge in [-0.3, -0.25) is 9.59 Å². The van der Waals surface area contributed by atoms with Crippen LogP contribution in [0, 0.1) is 0 Å². The number of halogens is 1. The quantitative estimate of drug-likeness (QED) is 0.389. The molecule has 0 saturated heterocycles. The molecule has 3 rings (SSSR count). The number of rotatable bonds is 7. The first-order chi connectivity index (χ1) is 14.6. The third kappa shape index (κ3) is 5.15. The molecule has 0 fully saturated rings. The van der Waals surface area contributed by atoms with Crippen LogP contribution in [0.1, 0.15) is 27.6 Å². The van der Waals surface area contributed by atoms with Crippen molar-refractivity contribution in [3.8, 4) is 0 Å². The lowest BCUT2D eigenvalue weighted by Gasteiger charge is -2.14. The lowest BCUT2D eigenvalue weighted by atomic mass is 10.1. The molecule has 0 bridgehead atoms. The van der Waals surface area contributed by atoms with Gasteiger partial charge < -0.3 is 16.4 Å². The first-order valence-electron chi connectivity index (χ1n) is 8.69. The number of aromatic nitrogens is 2. The third-order valence-corrected chi connectivity index (χ3v) is 5.42. The molecule has 0 saturated carbocycles. The van der Waals surface area contributed by atoms with Gasteiger partial charge in [-0.25, -0.2) is 18.5 Å². The number of benzene rings is 2. The van der Waals surface area contributed by atoms with Crippen LogP contribution in [0.25, 0.3) is 0 Å². The molecule has 0 spiro atoms. The van der Waals surface area contributed by atoms with E-state index >= 15 is 0 Å². The Labute approximate surface area is 182 Å². The molecule has 160 valence electrons. The predicted molar refractivity (Wildman–Crippen MR) is 116 cm³/mol. The monoisotopic (exact) mass is 460 g/mol. The van der Waals surface area contributed by atoms with Gasteiger partial charge in [0.2, 0.25) is 16.0 Å². The van der Waals surface area contributed by atoms with Gasteiger partial charge in [0.1, 0.15) is 16.3 Å². The van der Waals surface area contributed by atoms with Gasteiger partial charge in [-0.1, -0.05) is 23.7 Å². The van der Waals surface area contributed by atoms with Crippen molar-refractivity contribution in [3.05, 3.63) is 64.8 Å². The summed E-state index contributed by atoms with van der Waals surface area (Å²) in [6.07, 6.45) is 1.17. The Morgan fingerprint density at radius 3 is 2.42 bits per heavy atom. The number of carbonyl (C=O) groups excluding carboxylic acids is 2. The number of carbonyl (C=O) groups is 2. The second kappa shape index (κ2) is 8.68. The minimum absolute atomic E-state index is 0.0168. The summed E-state index contributed by atoms with van der Waals surface area (Å²) in [6.45, 7) is 1.41. The van der Waals surface area contributed by atoms with Gasteiger partial charge >= 0.3 is 0 Å². The molecule has 0 radical (unpaired) electrons. The fourth-order valence-electron chi connectivity index (χ4n) is 2.62. The van der Waals surface area contributed by atoms with Crippen LogP contribution in [0.4, 0.5) is 23.1 Å². The first-order valence-corrected chi connectivity index (χ1v) is 10.6.